The molecule has 1 saturated heterocycles. The molecule has 2 aromatic heterocycles. The summed E-state index contributed by atoms with van der Waals surface area (Å²) in [7, 11) is 0. The van der Waals surface area contributed by atoms with Gasteiger partial charge in [-0.3, -0.25) is 9.97 Å². The van der Waals surface area contributed by atoms with Gasteiger partial charge in [0.2, 0.25) is 0 Å². The van der Waals surface area contributed by atoms with Crippen molar-refractivity contribution in [3.05, 3.63) is 65.1 Å². The van der Waals surface area contributed by atoms with E-state index in [1.807, 2.05) is 42.6 Å². The molecule has 1 aliphatic heterocycles. The number of aromatic hydroxyl groups is 1. The topological polar surface area (TPSA) is 54.9 Å². The Hall–Kier alpha value is -2.21. The summed E-state index contributed by atoms with van der Waals surface area (Å²) in [6, 6.07) is 11.5. The summed E-state index contributed by atoms with van der Waals surface area (Å²) >= 11 is 6.57. The fourth-order valence-electron chi connectivity index (χ4n) is 4.13. The van der Waals surface area contributed by atoms with Gasteiger partial charge < -0.3 is 14.9 Å². The van der Waals surface area contributed by atoms with E-state index in [4.69, 9.17) is 11.6 Å². The number of benzene rings is 1. The van der Waals surface area contributed by atoms with E-state index in [2.05, 4.69) is 16.9 Å². The summed E-state index contributed by atoms with van der Waals surface area (Å²) in [4.78, 5) is 12.0. The van der Waals surface area contributed by atoms with E-state index in [1.165, 1.54) is 4.90 Å². The number of fused-ring (bicyclic) bond motifs is 1. The second kappa shape index (κ2) is 7.80. The molecule has 140 valence electrons. The number of rotatable bonds is 4. The van der Waals surface area contributed by atoms with Crippen molar-refractivity contribution in [2.75, 3.05) is 32.7 Å². The van der Waals surface area contributed by atoms with Gasteiger partial charge in [0.25, 0.3) is 0 Å². The maximum atomic E-state index is 11.1. The van der Waals surface area contributed by atoms with Crippen molar-refractivity contribution < 1.29 is 14.9 Å². The number of aromatic nitrogens is 2. The van der Waals surface area contributed by atoms with Gasteiger partial charge in [-0.05, 0) is 37.3 Å². The number of halogens is 1. The molecule has 0 aliphatic carbocycles. The molecule has 4 rings (SSSR count). The Labute approximate surface area is 164 Å². The van der Waals surface area contributed by atoms with Crippen LogP contribution < -0.4 is 9.80 Å². The molecule has 1 atom stereocenters. The standard InChI is InChI=1S/C21H23ClN4O/c1-2-25-10-12-26(13-11-25)20(18-7-3-4-8-23-18)16-14-17(22)15-6-5-9-24-19(15)21(16)27/h3-9,14,20,27H,2,10-13H2,1H3/p+2/t20-/m1/s1. The van der Waals surface area contributed by atoms with Gasteiger partial charge in [-0.15, -0.1) is 0 Å². The Morgan fingerprint density at radius 1 is 1.07 bits per heavy atom. The maximum absolute atomic E-state index is 11.1. The first-order valence-electron chi connectivity index (χ1n) is 9.54. The van der Waals surface area contributed by atoms with Crippen LogP contribution in [-0.2, 0) is 0 Å². The zero-order valence-electron chi connectivity index (χ0n) is 15.5. The molecule has 1 aliphatic rings. The predicted octanol–water partition coefficient (Wildman–Crippen LogP) is 0.882. The second-order valence-corrected chi connectivity index (χ2v) is 7.55. The lowest BCUT2D eigenvalue weighted by Crippen LogP contribution is -3.28. The van der Waals surface area contributed by atoms with E-state index in [-0.39, 0.29) is 11.8 Å². The molecule has 0 amide bonds. The largest absolute Gasteiger partial charge is 0.505 e. The van der Waals surface area contributed by atoms with E-state index in [0.717, 1.165) is 49.4 Å². The number of nitrogens with zero attached hydrogens (tertiary/aromatic N) is 2. The van der Waals surface area contributed by atoms with Crippen LogP contribution >= 0.6 is 11.6 Å². The minimum Gasteiger partial charge on any atom is -0.505 e. The van der Waals surface area contributed by atoms with E-state index >= 15 is 0 Å². The third-order valence-corrected chi connectivity index (χ3v) is 5.96. The highest BCUT2D eigenvalue weighted by Crippen LogP contribution is 2.36. The highest BCUT2D eigenvalue weighted by atomic mass is 35.5. The number of phenolic OH excluding ortho intramolecular Hbond substituents is 1. The zero-order valence-corrected chi connectivity index (χ0v) is 16.2. The van der Waals surface area contributed by atoms with E-state index in [0.29, 0.717) is 10.5 Å². The third kappa shape index (κ3) is 3.50. The first-order chi connectivity index (χ1) is 13.2. The normalized spacial score (nSPS) is 21.3. The first kappa shape index (κ1) is 18.2. The van der Waals surface area contributed by atoms with E-state index < -0.39 is 0 Å². The van der Waals surface area contributed by atoms with Crippen LogP contribution in [0.1, 0.15) is 24.2 Å². The number of hydrogen-bond acceptors (Lipinski definition) is 3. The van der Waals surface area contributed by atoms with Crippen LogP contribution in [0.2, 0.25) is 5.02 Å². The molecule has 0 saturated carbocycles. The van der Waals surface area contributed by atoms with Crippen LogP contribution in [0.25, 0.3) is 10.9 Å². The van der Waals surface area contributed by atoms with E-state index in [9.17, 15) is 5.11 Å². The molecule has 1 aromatic carbocycles. The quantitative estimate of drug-likeness (QED) is 0.626. The van der Waals surface area contributed by atoms with Gasteiger partial charge in [0.05, 0.1) is 17.1 Å². The Balaban J connectivity index is 1.82. The fraction of sp³-hybridized carbons (Fsp3) is 0.333. The van der Waals surface area contributed by atoms with Gasteiger partial charge in [-0.2, -0.15) is 0 Å². The number of pyridine rings is 2. The minimum absolute atomic E-state index is 0.0616. The third-order valence-electron chi connectivity index (χ3n) is 5.65. The van der Waals surface area contributed by atoms with Crippen molar-refractivity contribution in [1.82, 2.24) is 9.97 Å². The predicted molar refractivity (Wildman–Crippen MR) is 106 cm³/mol. The molecular formula is C21H25ClN4O+2. The van der Waals surface area contributed by atoms with Crippen LogP contribution in [0.3, 0.4) is 0 Å². The first-order valence-corrected chi connectivity index (χ1v) is 9.92. The van der Waals surface area contributed by atoms with Crippen LogP contribution in [0, 0.1) is 0 Å². The van der Waals surface area contributed by atoms with Gasteiger partial charge in [-0.25, -0.2) is 0 Å². The SMILES string of the molecule is CC[NH+]1CC[NH+]([C@@H](c2ccccn2)c2cc(Cl)c3cccnc3c2O)CC1. The van der Waals surface area contributed by atoms with Gasteiger partial charge in [-0.1, -0.05) is 17.7 Å². The van der Waals surface area contributed by atoms with Crippen molar-refractivity contribution in [3.63, 3.8) is 0 Å². The summed E-state index contributed by atoms with van der Waals surface area (Å²) < 4.78 is 0. The highest BCUT2D eigenvalue weighted by Gasteiger charge is 2.34. The van der Waals surface area contributed by atoms with Crippen LogP contribution in [0.5, 0.6) is 5.75 Å². The monoisotopic (exact) mass is 384 g/mol. The average Bonchev–Trinajstić information content (AvgIpc) is 2.73. The smallest absolute Gasteiger partial charge is 0.160 e. The van der Waals surface area contributed by atoms with Gasteiger partial charge in [0.1, 0.15) is 37.4 Å². The van der Waals surface area contributed by atoms with Crippen molar-refractivity contribution in [2.45, 2.75) is 13.0 Å². The van der Waals surface area contributed by atoms with Gasteiger partial charge in [0.15, 0.2) is 11.8 Å². The van der Waals surface area contributed by atoms with Crippen molar-refractivity contribution in [2.24, 2.45) is 0 Å². The average molecular weight is 385 g/mol. The zero-order chi connectivity index (χ0) is 18.8. The van der Waals surface area contributed by atoms with Crippen LogP contribution in [-0.4, -0.2) is 47.8 Å². The number of likely N-dealkylation sites (N-methyl/N-ethyl adjacent to an activating group) is 1. The number of hydrogen-bond donors (Lipinski definition) is 3. The van der Waals surface area contributed by atoms with Crippen LogP contribution in [0.15, 0.2) is 48.8 Å². The summed E-state index contributed by atoms with van der Waals surface area (Å²) in [5.41, 5.74) is 2.31. The molecule has 0 radical (unpaired) electrons. The summed E-state index contributed by atoms with van der Waals surface area (Å²) in [6.07, 6.45) is 3.50. The summed E-state index contributed by atoms with van der Waals surface area (Å²) in [5, 5.41) is 12.5. The number of quaternary nitrogens is 2. The molecule has 6 heteroatoms. The summed E-state index contributed by atoms with van der Waals surface area (Å²) in [5.74, 6) is 0.212. The van der Waals surface area contributed by atoms with Gasteiger partial charge >= 0.3 is 0 Å². The Morgan fingerprint density at radius 2 is 1.85 bits per heavy atom. The second-order valence-electron chi connectivity index (χ2n) is 7.15. The molecule has 3 aromatic rings. The Bertz CT molecular complexity index is 926. The molecule has 3 N–H and O–H groups in total. The molecule has 1 fully saturated rings. The lowest BCUT2D eigenvalue weighted by Gasteiger charge is -2.34. The lowest BCUT2D eigenvalue weighted by atomic mass is 9.97. The maximum Gasteiger partial charge on any atom is 0.160 e. The molecule has 0 bridgehead atoms. The van der Waals surface area contributed by atoms with E-state index in [1.54, 1.807) is 11.1 Å². The Kier molecular flexibility index (Phi) is 5.25. The highest BCUT2D eigenvalue weighted by molar-refractivity contribution is 6.35. The fourth-order valence-corrected chi connectivity index (χ4v) is 4.40. The summed E-state index contributed by atoms with van der Waals surface area (Å²) in [6.45, 7) is 7.68. The molecule has 3 heterocycles. The van der Waals surface area contributed by atoms with Crippen LogP contribution in [0.4, 0.5) is 0 Å². The van der Waals surface area contributed by atoms with Gasteiger partial charge in [0, 0.05) is 17.8 Å². The molecule has 5 nitrogen and oxygen atoms in total. The lowest BCUT2D eigenvalue weighted by molar-refractivity contribution is -1.02. The number of nitrogens with one attached hydrogen (secondary N) is 2. The number of piperazine rings is 1. The molecular weight excluding hydrogens is 360 g/mol. The minimum atomic E-state index is -0.0616. The van der Waals surface area contributed by atoms with Crippen molar-refractivity contribution in [1.29, 1.82) is 0 Å². The van der Waals surface area contributed by atoms with Crippen molar-refractivity contribution in [3.8, 4) is 5.75 Å². The molecule has 27 heavy (non-hydrogen) atoms. The number of phenols is 1. The van der Waals surface area contributed by atoms with Crippen molar-refractivity contribution >= 4 is 22.5 Å². The Morgan fingerprint density at radius 3 is 2.56 bits per heavy atom. The molecule has 0 unspecified atom stereocenters. The molecule has 0 spiro atoms.